The summed E-state index contributed by atoms with van der Waals surface area (Å²) in [5.41, 5.74) is -0.565. The summed E-state index contributed by atoms with van der Waals surface area (Å²) >= 11 is 12.7. The summed E-state index contributed by atoms with van der Waals surface area (Å²) in [5.74, 6) is 0.0310. The quantitative estimate of drug-likeness (QED) is 0.715. The van der Waals surface area contributed by atoms with Gasteiger partial charge >= 0.3 is 0 Å². The predicted molar refractivity (Wildman–Crippen MR) is 103 cm³/mol. The van der Waals surface area contributed by atoms with Gasteiger partial charge in [-0.05, 0) is 46.8 Å². The summed E-state index contributed by atoms with van der Waals surface area (Å²) < 4.78 is 17.0. The van der Waals surface area contributed by atoms with Crippen molar-refractivity contribution >= 4 is 29.1 Å². The Balaban J connectivity index is 2.16. The second-order valence-corrected chi connectivity index (χ2v) is 8.29. The Kier molecular flexibility index (Phi) is 5.06. The number of benzene rings is 1. The lowest BCUT2D eigenvalue weighted by molar-refractivity contribution is -0.100. The number of rotatable bonds is 3. The first-order chi connectivity index (χ1) is 12.5. The maximum absolute atomic E-state index is 13.6. The van der Waals surface area contributed by atoms with Crippen molar-refractivity contribution in [1.29, 1.82) is 0 Å². The van der Waals surface area contributed by atoms with Gasteiger partial charge in [-0.2, -0.15) is 0 Å². The van der Waals surface area contributed by atoms with E-state index in [9.17, 15) is 4.79 Å². The number of aromatic nitrogens is 1. The number of aryl methyl sites for hydroxylation is 1. The van der Waals surface area contributed by atoms with Crippen molar-refractivity contribution in [3.8, 4) is 11.3 Å². The van der Waals surface area contributed by atoms with Crippen LogP contribution in [-0.2, 0) is 9.47 Å². The zero-order valence-corrected chi connectivity index (χ0v) is 17.6. The van der Waals surface area contributed by atoms with Crippen LogP contribution in [0.3, 0.4) is 0 Å². The van der Waals surface area contributed by atoms with Crippen molar-refractivity contribution in [2.24, 2.45) is 0 Å². The maximum Gasteiger partial charge on any atom is 0.264 e. The molecular formula is C19H22Cl2N2O4. The van der Waals surface area contributed by atoms with Gasteiger partial charge in [0.1, 0.15) is 28.3 Å². The van der Waals surface area contributed by atoms with E-state index in [1.54, 1.807) is 37.1 Å². The number of carbonyl (C=O) groups is 1. The lowest BCUT2D eigenvalue weighted by atomic mass is 10.0. The molecule has 0 spiro atoms. The lowest BCUT2D eigenvalue weighted by Crippen LogP contribution is -2.50. The molecule has 27 heavy (non-hydrogen) atoms. The first-order valence-electron chi connectivity index (χ1n) is 8.48. The van der Waals surface area contributed by atoms with E-state index in [0.29, 0.717) is 27.1 Å². The van der Waals surface area contributed by atoms with E-state index in [2.05, 4.69) is 5.16 Å². The molecule has 146 valence electrons. The molecular weight excluding hydrogens is 391 g/mol. The van der Waals surface area contributed by atoms with E-state index in [4.69, 9.17) is 37.2 Å². The molecule has 1 aromatic carbocycles. The highest BCUT2D eigenvalue weighted by molar-refractivity contribution is 6.39. The zero-order chi connectivity index (χ0) is 20.1. The van der Waals surface area contributed by atoms with E-state index >= 15 is 0 Å². The molecule has 1 amide bonds. The second kappa shape index (κ2) is 6.78. The summed E-state index contributed by atoms with van der Waals surface area (Å²) in [6.07, 6.45) is -0.594. The fourth-order valence-corrected chi connectivity index (χ4v) is 4.29. The Morgan fingerprint density at radius 2 is 1.81 bits per heavy atom. The molecule has 1 atom stereocenters. The van der Waals surface area contributed by atoms with Gasteiger partial charge in [-0.15, -0.1) is 0 Å². The number of halogens is 2. The molecule has 1 aromatic heterocycles. The molecule has 0 radical (unpaired) electrons. The van der Waals surface area contributed by atoms with Gasteiger partial charge < -0.3 is 14.0 Å². The Morgan fingerprint density at radius 3 is 2.37 bits per heavy atom. The molecule has 1 aliphatic rings. The normalized spacial score (nSPS) is 20.9. The van der Waals surface area contributed by atoms with Crippen molar-refractivity contribution < 1.29 is 18.8 Å². The maximum atomic E-state index is 13.6. The number of amides is 1. The molecule has 1 saturated heterocycles. The molecule has 2 aromatic rings. The monoisotopic (exact) mass is 412 g/mol. The van der Waals surface area contributed by atoms with Crippen molar-refractivity contribution in [1.82, 2.24) is 10.1 Å². The minimum absolute atomic E-state index is 0.279. The number of ether oxygens (including phenoxy) is 2. The standard InChI is InChI=1S/C19H22Cl2N2O4/c1-10-13(15(22-26-10)14-11(20)8-7-9-12(14)21)16(24)23-17(25-6)18(2,3)27-19(23,4)5/h7-9,17H,1-6H3. The van der Waals surface area contributed by atoms with Gasteiger partial charge in [0.25, 0.3) is 5.91 Å². The molecule has 0 aliphatic carbocycles. The molecule has 1 unspecified atom stereocenters. The van der Waals surface area contributed by atoms with Crippen LogP contribution in [0.1, 0.15) is 43.8 Å². The van der Waals surface area contributed by atoms with Gasteiger partial charge in [-0.1, -0.05) is 34.4 Å². The van der Waals surface area contributed by atoms with E-state index in [0.717, 1.165) is 0 Å². The van der Waals surface area contributed by atoms with Crippen LogP contribution in [0.25, 0.3) is 11.3 Å². The van der Waals surface area contributed by atoms with Gasteiger partial charge in [0.2, 0.25) is 0 Å². The van der Waals surface area contributed by atoms with E-state index in [1.807, 2.05) is 27.7 Å². The van der Waals surface area contributed by atoms with Crippen LogP contribution in [0.2, 0.25) is 10.0 Å². The molecule has 0 N–H and O–H groups in total. The number of nitrogens with zero attached hydrogens (tertiary/aromatic N) is 2. The van der Waals surface area contributed by atoms with E-state index < -0.39 is 17.6 Å². The molecule has 8 heteroatoms. The van der Waals surface area contributed by atoms with Gasteiger partial charge in [0, 0.05) is 12.7 Å². The van der Waals surface area contributed by atoms with Crippen LogP contribution in [0.15, 0.2) is 22.7 Å². The van der Waals surface area contributed by atoms with E-state index in [-0.39, 0.29) is 11.5 Å². The minimum Gasteiger partial charge on any atom is -0.360 e. The highest BCUT2D eigenvalue weighted by atomic mass is 35.5. The Bertz CT molecular complexity index is 872. The topological polar surface area (TPSA) is 64.8 Å². The first kappa shape index (κ1) is 20.1. The van der Waals surface area contributed by atoms with Gasteiger partial charge in [-0.3, -0.25) is 9.69 Å². The van der Waals surface area contributed by atoms with Crippen molar-refractivity contribution in [3.05, 3.63) is 39.6 Å². The van der Waals surface area contributed by atoms with Crippen molar-refractivity contribution in [3.63, 3.8) is 0 Å². The summed E-state index contributed by atoms with van der Waals surface area (Å²) in [6, 6.07) is 5.10. The van der Waals surface area contributed by atoms with Crippen molar-refractivity contribution in [2.75, 3.05) is 7.11 Å². The smallest absolute Gasteiger partial charge is 0.264 e. The third-order valence-electron chi connectivity index (χ3n) is 4.64. The van der Waals surface area contributed by atoms with E-state index in [1.165, 1.54) is 0 Å². The summed E-state index contributed by atoms with van der Waals surface area (Å²) in [4.78, 5) is 15.2. The average molecular weight is 413 g/mol. The molecule has 6 nitrogen and oxygen atoms in total. The number of hydrogen-bond acceptors (Lipinski definition) is 5. The molecule has 0 bridgehead atoms. The predicted octanol–water partition coefficient (Wildman–Crippen LogP) is 4.92. The number of carbonyl (C=O) groups excluding carboxylic acids is 1. The van der Waals surface area contributed by atoms with Gasteiger partial charge in [0.15, 0.2) is 6.23 Å². The Morgan fingerprint density at radius 1 is 1.22 bits per heavy atom. The number of methoxy groups -OCH3 is 1. The van der Waals surface area contributed by atoms with Crippen LogP contribution < -0.4 is 0 Å². The summed E-state index contributed by atoms with van der Waals surface area (Å²) in [6.45, 7) is 9.06. The SMILES string of the molecule is COC1N(C(=O)c2c(-c3c(Cl)cccc3Cl)noc2C)C(C)(C)OC1(C)C. The van der Waals surface area contributed by atoms with Crippen LogP contribution >= 0.6 is 23.2 Å². The average Bonchev–Trinajstić information content (AvgIpc) is 3.00. The van der Waals surface area contributed by atoms with Crippen LogP contribution in [0, 0.1) is 6.92 Å². The van der Waals surface area contributed by atoms with Crippen LogP contribution in [-0.4, -0.2) is 40.6 Å². The summed E-state index contributed by atoms with van der Waals surface area (Å²) in [5, 5.41) is 4.82. The van der Waals surface area contributed by atoms with Crippen LogP contribution in [0.5, 0.6) is 0 Å². The fraction of sp³-hybridized carbons (Fsp3) is 0.474. The molecule has 2 heterocycles. The largest absolute Gasteiger partial charge is 0.360 e. The fourth-order valence-electron chi connectivity index (χ4n) is 3.72. The second-order valence-electron chi connectivity index (χ2n) is 7.47. The van der Waals surface area contributed by atoms with Crippen molar-refractivity contribution in [2.45, 2.75) is 52.2 Å². The molecule has 1 fully saturated rings. The summed E-state index contributed by atoms with van der Waals surface area (Å²) in [7, 11) is 1.55. The van der Waals surface area contributed by atoms with Gasteiger partial charge in [0.05, 0.1) is 10.0 Å². The molecule has 1 aliphatic heterocycles. The number of hydrogen-bond donors (Lipinski definition) is 0. The van der Waals surface area contributed by atoms with Gasteiger partial charge in [-0.25, -0.2) is 0 Å². The van der Waals surface area contributed by atoms with Crippen LogP contribution in [0.4, 0.5) is 0 Å². The minimum atomic E-state index is -0.896. The zero-order valence-electron chi connectivity index (χ0n) is 16.1. The highest BCUT2D eigenvalue weighted by Crippen LogP contribution is 2.43. The molecule has 0 saturated carbocycles. The molecule has 3 rings (SSSR count). The lowest BCUT2D eigenvalue weighted by Gasteiger charge is -2.33. The Hall–Kier alpha value is -1.60. The third kappa shape index (κ3) is 3.25. The Labute approximate surface area is 168 Å². The first-order valence-corrected chi connectivity index (χ1v) is 9.24. The highest BCUT2D eigenvalue weighted by Gasteiger charge is 2.55. The third-order valence-corrected chi connectivity index (χ3v) is 5.27.